The standard InChI is InChI=1S/C23H25ClN4O3S/c1-16-22(17(2)28(26-16)19-8-4-3-5-9-19)32(30,31)27-14-12-18(13-15-27)23(29)25-21-11-7-6-10-20(21)24/h3-11,18H,12-15H2,1-2H3,(H,25,29). The molecule has 1 amide bonds. The van der Waals surface area contributed by atoms with Crippen LogP contribution in [0.1, 0.15) is 24.2 Å². The first kappa shape index (κ1) is 22.5. The lowest BCUT2D eigenvalue weighted by Crippen LogP contribution is -2.41. The van der Waals surface area contributed by atoms with E-state index in [1.165, 1.54) is 4.31 Å². The van der Waals surface area contributed by atoms with Crippen molar-refractivity contribution in [2.24, 2.45) is 5.92 Å². The molecule has 0 aliphatic carbocycles. The molecule has 1 saturated heterocycles. The third kappa shape index (κ3) is 4.30. The second-order valence-electron chi connectivity index (χ2n) is 7.89. The van der Waals surface area contributed by atoms with E-state index >= 15 is 0 Å². The Labute approximate surface area is 193 Å². The molecule has 0 radical (unpaired) electrons. The average Bonchev–Trinajstić information content (AvgIpc) is 3.10. The third-order valence-electron chi connectivity index (χ3n) is 5.78. The second kappa shape index (κ2) is 9.05. The number of para-hydroxylation sites is 2. The maximum atomic E-state index is 13.4. The number of hydrogen-bond acceptors (Lipinski definition) is 4. The quantitative estimate of drug-likeness (QED) is 0.603. The van der Waals surface area contributed by atoms with Crippen molar-refractivity contribution in [3.63, 3.8) is 0 Å². The molecule has 3 aromatic rings. The van der Waals surface area contributed by atoms with Gasteiger partial charge in [-0.1, -0.05) is 41.9 Å². The number of anilines is 1. The fourth-order valence-electron chi connectivity index (χ4n) is 4.11. The van der Waals surface area contributed by atoms with Crippen molar-refractivity contribution in [3.8, 4) is 5.69 Å². The van der Waals surface area contributed by atoms with E-state index in [2.05, 4.69) is 10.4 Å². The molecule has 7 nitrogen and oxygen atoms in total. The summed E-state index contributed by atoms with van der Waals surface area (Å²) >= 11 is 6.12. The predicted molar refractivity (Wildman–Crippen MR) is 125 cm³/mol. The molecule has 0 unspecified atom stereocenters. The van der Waals surface area contributed by atoms with Crippen LogP contribution >= 0.6 is 11.6 Å². The summed E-state index contributed by atoms with van der Waals surface area (Å²) in [7, 11) is -3.73. The molecule has 1 fully saturated rings. The van der Waals surface area contributed by atoms with Gasteiger partial charge in [-0.3, -0.25) is 4.79 Å². The number of nitrogens with zero attached hydrogens (tertiary/aromatic N) is 3. The molecule has 2 aromatic carbocycles. The lowest BCUT2D eigenvalue weighted by Gasteiger charge is -2.30. The van der Waals surface area contributed by atoms with Gasteiger partial charge in [-0.25, -0.2) is 13.1 Å². The van der Waals surface area contributed by atoms with Crippen molar-refractivity contribution in [1.29, 1.82) is 0 Å². The van der Waals surface area contributed by atoms with E-state index in [0.29, 0.717) is 34.9 Å². The SMILES string of the molecule is Cc1nn(-c2ccccc2)c(C)c1S(=O)(=O)N1CCC(C(=O)Nc2ccccc2Cl)CC1. The zero-order valence-corrected chi connectivity index (χ0v) is 19.5. The van der Waals surface area contributed by atoms with Crippen molar-refractivity contribution in [1.82, 2.24) is 14.1 Å². The van der Waals surface area contributed by atoms with Gasteiger partial charge in [0.15, 0.2) is 0 Å². The van der Waals surface area contributed by atoms with Gasteiger partial charge in [0, 0.05) is 19.0 Å². The maximum absolute atomic E-state index is 13.4. The lowest BCUT2D eigenvalue weighted by molar-refractivity contribution is -0.120. The van der Waals surface area contributed by atoms with Crippen LogP contribution in [0.25, 0.3) is 5.69 Å². The van der Waals surface area contributed by atoms with Crippen LogP contribution < -0.4 is 5.32 Å². The summed E-state index contributed by atoms with van der Waals surface area (Å²) in [6.45, 7) is 4.03. The first-order chi connectivity index (χ1) is 15.3. The van der Waals surface area contributed by atoms with E-state index in [9.17, 15) is 13.2 Å². The molecular weight excluding hydrogens is 448 g/mol. The van der Waals surface area contributed by atoms with E-state index in [1.807, 2.05) is 30.3 Å². The molecule has 1 aliphatic rings. The zero-order valence-electron chi connectivity index (χ0n) is 18.0. The first-order valence-electron chi connectivity index (χ1n) is 10.5. The highest BCUT2D eigenvalue weighted by atomic mass is 35.5. The summed E-state index contributed by atoms with van der Waals surface area (Å²) in [6.07, 6.45) is 0.890. The summed E-state index contributed by atoms with van der Waals surface area (Å²) in [5, 5.41) is 7.80. The highest BCUT2D eigenvalue weighted by molar-refractivity contribution is 7.89. The van der Waals surface area contributed by atoms with Gasteiger partial charge in [-0.2, -0.15) is 9.40 Å². The molecule has 0 spiro atoms. The average molecular weight is 473 g/mol. The topological polar surface area (TPSA) is 84.3 Å². The van der Waals surface area contributed by atoms with E-state index in [0.717, 1.165) is 5.69 Å². The number of amides is 1. The van der Waals surface area contributed by atoms with Crippen molar-refractivity contribution >= 4 is 33.2 Å². The Morgan fingerprint density at radius 1 is 1.03 bits per heavy atom. The number of sulfonamides is 1. The van der Waals surface area contributed by atoms with Crippen molar-refractivity contribution in [3.05, 3.63) is 71.0 Å². The van der Waals surface area contributed by atoms with E-state index in [4.69, 9.17) is 11.6 Å². The highest BCUT2D eigenvalue weighted by Gasteiger charge is 2.35. The van der Waals surface area contributed by atoms with Gasteiger partial charge < -0.3 is 5.32 Å². The minimum Gasteiger partial charge on any atom is -0.325 e. The molecule has 0 saturated carbocycles. The highest BCUT2D eigenvalue weighted by Crippen LogP contribution is 2.30. The van der Waals surface area contributed by atoms with Gasteiger partial charge in [-0.05, 0) is 51.0 Å². The summed E-state index contributed by atoms with van der Waals surface area (Å²) in [5.41, 5.74) is 2.41. The number of aryl methyl sites for hydroxylation is 1. The van der Waals surface area contributed by atoms with Gasteiger partial charge in [0.05, 0.1) is 27.8 Å². The summed E-state index contributed by atoms with van der Waals surface area (Å²) < 4.78 is 30.0. The Balaban J connectivity index is 1.48. The molecule has 2 heterocycles. The molecule has 4 rings (SSSR count). The number of rotatable bonds is 5. The van der Waals surface area contributed by atoms with Crippen LogP contribution in [-0.4, -0.2) is 41.5 Å². The van der Waals surface area contributed by atoms with Gasteiger partial charge in [0.1, 0.15) is 4.90 Å². The summed E-state index contributed by atoms with van der Waals surface area (Å²) in [6, 6.07) is 16.5. The Kier molecular flexibility index (Phi) is 6.37. The minimum absolute atomic E-state index is 0.139. The van der Waals surface area contributed by atoms with Crippen molar-refractivity contribution in [2.45, 2.75) is 31.6 Å². The van der Waals surface area contributed by atoms with Crippen LogP contribution in [0, 0.1) is 19.8 Å². The fraction of sp³-hybridized carbons (Fsp3) is 0.304. The molecule has 32 heavy (non-hydrogen) atoms. The van der Waals surface area contributed by atoms with Crippen LogP contribution in [0.3, 0.4) is 0 Å². The Morgan fingerprint density at radius 2 is 1.66 bits per heavy atom. The summed E-state index contributed by atoms with van der Waals surface area (Å²) in [5.74, 6) is -0.411. The molecule has 0 bridgehead atoms. The van der Waals surface area contributed by atoms with Crippen LogP contribution in [0.5, 0.6) is 0 Å². The normalized spacial score (nSPS) is 15.6. The monoisotopic (exact) mass is 472 g/mol. The third-order valence-corrected chi connectivity index (χ3v) is 8.26. The van der Waals surface area contributed by atoms with Crippen LogP contribution in [-0.2, 0) is 14.8 Å². The van der Waals surface area contributed by atoms with Gasteiger partial charge >= 0.3 is 0 Å². The lowest BCUT2D eigenvalue weighted by atomic mass is 9.97. The predicted octanol–water partition coefficient (Wildman–Crippen LogP) is 4.18. The van der Waals surface area contributed by atoms with Crippen molar-refractivity contribution < 1.29 is 13.2 Å². The number of nitrogens with one attached hydrogen (secondary N) is 1. The number of benzene rings is 2. The Hall–Kier alpha value is -2.68. The number of carbonyl (C=O) groups is 1. The number of halogens is 1. The zero-order chi connectivity index (χ0) is 22.9. The second-order valence-corrected chi connectivity index (χ2v) is 10.2. The first-order valence-corrected chi connectivity index (χ1v) is 12.3. The molecule has 0 atom stereocenters. The Morgan fingerprint density at radius 3 is 2.31 bits per heavy atom. The van der Waals surface area contributed by atoms with E-state index in [-0.39, 0.29) is 29.8 Å². The molecule has 168 valence electrons. The molecule has 9 heteroatoms. The number of piperidine rings is 1. The van der Waals surface area contributed by atoms with E-state index in [1.54, 1.807) is 42.8 Å². The number of carbonyl (C=O) groups excluding carboxylic acids is 1. The molecule has 1 N–H and O–H groups in total. The largest absolute Gasteiger partial charge is 0.325 e. The van der Waals surface area contributed by atoms with Gasteiger partial charge in [-0.15, -0.1) is 0 Å². The maximum Gasteiger partial charge on any atom is 0.246 e. The van der Waals surface area contributed by atoms with Gasteiger partial charge in [0.2, 0.25) is 15.9 Å². The molecular formula is C23H25ClN4O3S. The smallest absolute Gasteiger partial charge is 0.246 e. The molecule has 1 aliphatic heterocycles. The van der Waals surface area contributed by atoms with Crippen molar-refractivity contribution in [2.75, 3.05) is 18.4 Å². The Bertz CT molecular complexity index is 1230. The fourth-order valence-corrected chi connectivity index (χ4v) is 6.11. The molecule has 1 aromatic heterocycles. The summed E-state index contributed by atoms with van der Waals surface area (Å²) in [4.78, 5) is 12.9. The van der Waals surface area contributed by atoms with Crippen LogP contribution in [0.4, 0.5) is 5.69 Å². The number of hydrogen-bond donors (Lipinski definition) is 1. The van der Waals surface area contributed by atoms with E-state index < -0.39 is 10.0 Å². The number of aromatic nitrogens is 2. The van der Waals surface area contributed by atoms with Crippen LogP contribution in [0.2, 0.25) is 5.02 Å². The van der Waals surface area contributed by atoms with Crippen LogP contribution in [0.15, 0.2) is 59.5 Å². The van der Waals surface area contributed by atoms with Gasteiger partial charge in [0.25, 0.3) is 0 Å². The minimum atomic E-state index is -3.73.